The van der Waals surface area contributed by atoms with Gasteiger partial charge in [-0.1, -0.05) is 18.2 Å². The van der Waals surface area contributed by atoms with Gasteiger partial charge >= 0.3 is 0 Å². The van der Waals surface area contributed by atoms with Gasteiger partial charge in [-0.15, -0.1) is 0 Å². The highest BCUT2D eigenvalue weighted by Gasteiger charge is 2.29. The second kappa shape index (κ2) is 6.03. The number of hydrogen-bond donors (Lipinski definition) is 2. The molecule has 0 unspecified atom stereocenters. The van der Waals surface area contributed by atoms with Crippen molar-refractivity contribution in [3.63, 3.8) is 0 Å². The summed E-state index contributed by atoms with van der Waals surface area (Å²) in [6.07, 6.45) is 0. The van der Waals surface area contributed by atoms with Crippen molar-refractivity contribution in [1.29, 1.82) is 0 Å². The van der Waals surface area contributed by atoms with E-state index < -0.39 is 5.91 Å². The van der Waals surface area contributed by atoms with Crippen LogP contribution in [-0.4, -0.2) is 21.6 Å². The standard InChI is InChI=1S/C19H16N4O3/c1-11(24)21-12-7-8-16-14(9-12)18-15(10-26-16)17(19(20)25)22-23(18)13-5-3-2-4-6-13/h2-9H,10H2,1H3,(H2,20,25)(H,21,24). The molecule has 1 aromatic heterocycles. The Morgan fingerprint density at radius 2 is 1.96 bits per heavy atom. The number of nitrogens with one attached hydrogen (secondary N) is 1. The first-order valence-electron chi connectivity index (χ1n) is 8.06. The summed E-state index contributed by atoms with van der Waals surface area (Å²) in [5.74, 6) is -0.128. The molecule has 3 N–H and O–H groups in total. The molecule has 1 aliphatic heterocycles. The third-order valence-corrected chi connectivity index (χ3v) is 4.14. The first-order chi connectivity index (χ1) is 12.5. The van der Waals surface area contributed by atoms with E-state index >= 15 is 0 Å². The van der Waals surface area contributed by atoms with Crippen LogP contribution in [0.5, 0.6) is 5.75 Å². The van der Waals surface area contributed by atoms with Crippen molar-refractivity contribution >= 4 is 17.5 Å². The molecular weight excluding hydrogens is 332 g/mol. The van der Waals surface area contributed by atoms with Crippen molar-refractivity contribution in [2.24, 2.45) is 5.73 Å². The highest BCUT2D eigenvalue weighted by Crippen LogP contribution is 2.41. The second-order valence-corrected chi connectivity index (χ2v) is 5.97. The lowest BCUT2D eigenvalue weighted by atomic mass is 10.0. The lowest BCUT2D eigenvalue weighted by Gasteiger charge is -2.20. The van der Waals surface area contributed by atoms with Crippen molar-refractivity contribution in [3.05, 3.63) is 59.8 Å². The van der Waals surface area contributed by atoms with Gasteiger partial charge in [-0.2, -0.15) is 5.10 Å². The number of fused-ring (bicyclic) bond motifs is 3. The van der Waals surface area contributed by atoms with Gasteiger partial charge in [-0.25, -0.2) is 4.68 Å². The van der Waals surface area contributed by atoms with Crippen molar-refractivity contribution < 1.29 is 14.3 Å². The topological polar surface area (TPSA) is 99.2 Å². The Morgan fingerprint density at radius 3 is 2.65 bits per heavy atom. The molecule has 0 radical (unpaired) electrons. The summed E-state index contributed by atoms with van der Waals surface area (Å²) in [6, 6.07) is 14.8. The van der Waals surface area contributed by atoms with E-state index in [1.165, 1.54) is 6.92 Å². The molecule has 0 saturated heterocycles. The van der Waals surface area contributed by atoms with Gasteiger partial charge in [0, 0.05) is 23.7 Å². The number of benzene rings is 2. The molecule has 7 nitrogen and oxygen atoms in total. The molecular formula is C19H16N4O3. The van der Waals surface area contributed by atoms with Crippen molar-refractivity contribution in [3.8, 4) is 22.7 Å². The van der Waals surface area contributed by atoms with E-state index in [1.54, 1.807) is 22.9 Å². The van der Waals surface area contributed by atoms with Crippen molar-refractivity contribution in [2.45, 2.75) is 13.5 Å². The van der Waals surface area contributed by atoms with Gasteiger partial charge in [0.1, 0.15) is 12.4 Å². The number of primary amides is 1. The highest BCUT2D eigenvalue weighted by molar-refractivity contribution is 5.96. The minimum absolute atomic E-state index is 0.170. The van der Waals surface area contributed by atoms with Crippen LogP contribution in [0.25, 0.3) is 16.9 Å². The lowest BCUT2D eigenvalue weighted by molar-refractivity contribution is -0.114. The number of anilines is 1. The fourth-order valence-corrected chi connectivity index (χ4v) is 3.09. The Labute approximate surface area is 149 Å². The van der Waals surface area contributed by atoms with Gasteiger partial charge in [-0.05, 0) is 30.3 Å². The highest BCUT2D eigenvalue weighted by atomic mass is 16.5. The minimum atomic E-state index is -0.610. The molecule has 0 atom stereocenters. The van der Waals surface area contributed by atoms with E-state index in [-0.39, 0.29) is 18.2 Å². The zero-order chi connectivity index (χ0) is 18.3. The monoisotopic (exact) mass is 348 g/mol. The summed E-state index contributed by atoms with van der Waals surface area (Å²) >= 11 is 0. The zero-order valence-electron chi connectivity index (χ0n) is 14.0. The van der Waals surface area contributed by atoms with E-state index in [0.717, 1.165) is 16.9 Å². The van der Waals surface area contributed by atoms with Crippen molar-refractivity contribution in [2.75, 3.05) is 5.32 Å². The smallest absolute Gasteiger partial charge is 0.269 e. The molecule has 130 valence electrons. The van der Waals surface area contributed by atoms with Crippen LogP contribution >= 0.6 is 0 Å². The maximum Gasteiger partial charge on any atom is 0.269 e. The maximum absolute atomic E-state index is 11.9. The van der Waals surface area contributed by atoms with Crippen LogP contribution in [0, 0.1) is 0 Å². The zero-order valence-corrected chi connectivity index (χ0v) is 14.0. The minimum Gasteiger partial charge on any atom is -0.488 e. The van der Waals surface area contributed by atoms with Crippen LogP contribution in [0.4, 0.5) is 5.69 Å². The fourth-order valence-electron chi connectivity index (χ4n) is 3.09. The molecule has 2 aromatic carbocycles. The Morgan fingerprint density at radius 1 is 1.19 bits per heavy atom. The molecule has 0 saturated carbocycles. The third kappa shape index (κ3) is 2.59. The van der Waals surface area contributed by atoms with Crippen LogP contribution in [0.2, 0.25) is 0 Å². The number of carbonyl (C=O) groups excluding carboxylic acids is 2. The van der Waals surface area contributed by atoms with E-state index in [9.17, 15) is 9.59 Å². The average molecular weight is 348 g/mol. The first-order valence-corrected chi connectivity index (χ1v) is 8.06. The largest absolute Gasteiger partial charge is 0.488 e. The molecule has 0 bridgehead atoms. The summed E-state index contributed by atoms with van der Waals surface area (Å²) in [5, 5.41) is 7.18. The number of para-hydroxylation sites is 1. The molecule has 7 heteroatoms. The van der Waals surface area contributed by atoms with Gasteiger partial charge in [0.15, 0.2) is 5.69 Å². The van der Waals surface area contributed by atoms with Crippen LogP contribution in [0.1, 0.15) is 23.0 Å². The fraction of sp³-hybridized carbons (Fsp3) is 0.105. The lowest BCUT2D eigenvalue weighted by Crippen LogP contribution is -2.16. The quantitative estimate of drug-likeness (QED) is 0.759. The third-order valence-electron chi connectivity index (χ3n) is 4.14. The molecule has 0 fully saturated rings. The first kappa shape index (κ1) is 15.9. The Kier molecular flexibility index (Phi) is 3.69. The van der Waals surface area contributed by atoms with Gasteiger partial charge in [-0.3, -0.25) is 9.59 Å². The Hall–Kier alpha value is -3.61. The van der Waals surface area contributed by atoms with Crippen LogP contribution in [-0.2, 0) is 11.4 Å². The molecule has 0 aliphatic carbocycles. The normalized spacial score (nSPS) is 11.9. The van der Waals surface area contributed by atoms with E-state index in [4.69, 9.17) is 10.5 Å². The summed E-state index contributed by atoms with van der Waals surface area (Å²) in [4.78, 5) is 23.3. The number of aromatic nitrogens is 2. The average Bonchev–Trinajstić information content (AvgIpc) is 3.02. The molecule has 1 aliphatic rings. The summed E-state index contributed by atoms with van der Waals surface area (Å²) in [7, 11) is 0. The number of nitrogens with two attached hydrogens (primary N) is 1. The number of nitrogens with zero attached hydrogens (tertiary/aromatic N) is 2. The van der Waals surface area contributed by atoms with E-state index in [0.29, 0.717) is 17.0 Å². The van der Waals surface area contributed by atoms with Crippen LogP contribution in [0.15, 0.2) is 48.5 Å². The van der Waals surface area contributed by atoms with Gasteiger partial charge in [0.05, 0.1) is 11.4 Å². The van der Waals surface area contributed by atoms with E-state index in [2.05, 4.69) is 10.4 Å². The SMILES string of the molecule is CC(=O)Nc1ccc2c(c1)-c1c(c(C(N)=O)nn1-c1ccccc1)CO2. The number of ether oxygens (including phenoxy) is 1. The number of carbonyl (C=O) groups is 2. The summed E-state index contributed by atoms with van der Waals surface area (Å²) in [6.45, 7) is 1.65. The molecule has 2 amide bonds. The predicted octanol–water partition coefficient (Wildman–Crippen LogP) is 2.49. The molecule has 3 aromatic rings. The van der Waals surface area contributed by atoms with Crippen LogP contribution in [0.3, 0.4) is 0 Å². The molecule has 4 rings (SSSR count). The second-order valence-electron chi connectivity index (χ2n) is 5.97. The van der Waals surface area contributed by atoms with Gasteiger partial charge in [0.25, 0.3) is 5.91 Å². The van der Waals surface area contributed by atoms with Crippen LogP contribution < -0.4 is 15.8 Å². The van der Waals surface area contributed by atoms with Crippen molar-refractivity contribution in [1.82, 2.24) is 9.78 Å². The molecule has 0 spiro atoms. The molecule has 2 heterocycles. The Balaban J connectivity index is 1.97. The summed E-state index contributed by atoms with van der Waals surface area (Å²) < 4.78 is 7.46. The Bertz CT molecular complexity index is 1020. The number of amides is 2. The number of rotatable bonds is 3. The number of hydrogen-bond acceptors (Lipinski definition) is 4. The van der Waals surface area contributed by atoms with Gasteiger partial charge < -0.3 is 15.8 Å². The van der Waals surface area contributed by atoms with E-state index in [1.807, 2.05) is 30.3 Å². The predicted molar refractivity (Wildman–Crippen MR) is 96.2 cm³/mol. The summed E-state index contributed by atoms with van der Waals surface area (Å²) in [5.41, 5.74) is 9.24. The molecule has 26 heavy (non-hydrogen) atoms. The van der Waals surface area contributed by atoms with Gasteiger partial charge in [0.2, 0.25) is 5.91 Å². The maximum atomic E-state index is 11.9.